The Labute approximate surface area is 88.2 Å². The maximum Gasteiger partial charge on any atom is 0.258 e. The SMILES string of the molecule is CC#Cc1cn(C)c(=O)c2ccccc12. The minimum atomic E-state index is 0.0206. The van der Waals surface area contributed by atoms with Gasteiger partial charge in [-0.25, -0.2) is 0 Å². The van der Waals surface area contributed by atoms with Crippen molar-refractivity contribution in [2.45, 2.75) is 6.92 Å². The average Bonchev–Trinajstić information content (AvgIpc) is 2.26. The lowest BCUT2D eigenvalue weighted by Crippen LogP contribution is -2.16. The summed E-state index contributed by atoms with van der Waals surface area (Å²) in [6.45, 7) is 1.79. The van der Waals surface area contributed by atoms with Crippen molar-refractivity contribution in [3.05, 3.63) is 46.4 Å². The fraction of sp³-hybridized carbons (Fsp3) is 0.154. The summed E-state index contributed by atoms with van der Waals surface area (Å²) in [7, 11) is 1.75. The van der Waals surface area contributed by atoms with Gasteiger partial charge in [0.15, 0.2) is 0 Å². The van der Waals surface area contributed by atoms with E-state index in [1.54, 1.807) is 24.7 Å². The molecule has 2 heteroatoms. The molecule has 0 N–H and O–H groups in total. The molecule has 2 aromatic rings. The number of hydrogen-bond donors (Lipinski definition) is 0. The van der Waals surface area contributed by atoms with Crippen LogP contribution in [-0.2, 0) is 7.05 Å². The number of aryl methyl sites for hydroxylation is 1. The number of nitrogens with zero attached hydrogens (tertiary/aromatic N) is 1. The van der Waals surface area contributed by atoms with Crippen molar-refractivity contribution in [3.8, 4) is 11.8 Å². The van der Waals surface area contributed by atoms with Crippen molar-refractivity contribution < 1.29 is 0 Å². The monoisotopic (exact) mass is 197 g/mol. The highest BCUT2D eigenvalue weighted by Gasteiger charge is 2.03. The van der Waals surface area contributed by atoms with Crippen LogP contribution >= 0.6 is 0 Å². The third kappa shape index (κ3) is 1.53. The summed E-state index contributed by atoms with van der Waals surface area (Å²) >= 11 is 0. The highest BCUT2D eigenvalue weighted by atomic mass is 16.1. The molecule has 1 heterocycles. The molecule has 0 radical (unpaired) electrons. The minimum Gasteiger partial charge on any atom is -0.317 e. The van der Waals surface area contributed by atoms with Crippen LogP contribution in [0.4, 0.5) is 0 Å². The highest BCUT2D eigenvalue weighted by molar-refractivity contribution is 5.87. The number of benzene rings is 1. The smallest absolute Gasteiger partial charge is 0.258 e. The van der Waals surface area contributed by atoms with Gasteiger partial charge in [-0.1, -0.05) is 24.1 Å². The molecule has 0 aliphatic heterocycles. The Bertz CT molecular complexity index is 626. The molecule has 0 atom stereocenters. The van der Waals surface area contributed by atoms with E-state index in [0.717, 1.165) is 16.3 Å². The van der Waals surface area contributed by atoms with E-state index in [0.29, 0.717) is 0 Å². The van der Waals surface area contributed by atoms with Gasteiger partial charge in [-0.3, -0.25) is 4.79 Å². The Morgan fingerprint density at radius 3 is 2.53 bits per heavy atom. The largest absolute Gasteiger partial charge is 0.317 e. The van der Waals surface area contributed by atoms with E-state index in [1.165, 1.54) is 0 Å². The minimum absolute atomic E-state index is 0.0206. The summed E-state index contributed by atoms with van der Waals surface area (Å²) in [4.78, 5) is 11.8. The predicted octanol–water partition coefficient (Wildman–Crippen LogP) is 1.91. The van der Waals surface area contributed by atoms with Crippen LogP contribution in [0.15, 0.2) is 35.3 Å². The van der Waals surface area contributed by atoms with Gasteiger partial charge in [-0.15, -0.1) is 5.92 Å². The van der Waals surface area contributed by atoms with E-state index in [2.05, 4.69) is 11.8 Å². The molecule has 1 aromatic carbocycles. The van der Waals surface area contributed by atoms with Crippen molar-refractivity contribution >= 4 is 10.8 Å². The fourth-order valence-corrected chi connectivity index (χ4v) is 1.65. The van der Waals surface area contributed by atoms with Crippen LogP contribution in [0.1, 0.15) is 12.5 Å². The van der Waals surface area contributed by atoms with Crippen LogP contribution in [0.5, 0.6) is 0 Å². The van der Waals surface area contributed by atoms with Crippen LogP contribution in [0.3, 0.4) is 0 Å². The summed E-state index contributed by atoms with van der Waals surface area (Å²) in [6.07, 6.45) is 1.78. The van der Waals surface area contributed by atoms with Gasteiger partial charge in [0.25, 0.3) is 5.56 Å². The van der Waals surface area contributed by atoms with Gasteiger partial charge in [-0.05, 0) is 13.0 Å². The first-order chi connectivity index (χ1) is 7.24. The quantitative estimate of drug-likeness (QED) is 0.591. The molecule has 0 fully saturated rings. The maximum absolute atomic E-state index is 11.8. The Morgan fingerprint density at radius 1 is 1.20 bits per heavy atom. The molecule has 74 valence electrons. The summed E-state index contributed by atoms with van der Waals surface area (Å²) in [5, 5.41) is 1.65. The first-order valence-corrected chi connectivity index (χ1v) is 4.75. The fourth-order valence-electron chi connectivity index (χ4n) is 1.65. The molecule has 0 saturated carbocycles. The van der Waals surface area contributed by atoms with E-state index in [9.17, 15) is 4.79 Å². The number of hydrogen-bond acceptors (Lipinski definition) is 1. The Morgan fingerprint density at radius 2 is 1.87 bits per heavy atom. The van der Waals surface area contributed by atoms with Crippen molar-refractivity contribution in [1.29, 1.82) is 0 Å². The van der Waals surface area contributed by atoms with E-state index >= 15 is 0 Å². The van der Waals surface area contributed by atoms with Crippen molar-refractivity contribution in [1.82, 2.24) is 4.57 Å². The molecule has 2 rings (SSSR count). The standard InChI is InChI=1S/C13H11NO/c1-3-6-10-9-14(2)13(15)12-8-5-4-7-11(10)12/h4-5,7-9H,1-2H3. The van der Waals surface area contributed by atoms with Gasteiger partial charge in [0.1, 0.15) is 0 Å². The second-order valence-electron chi connectivity index (χ2n) is 3.38. The predicted molar refractivity (Wildman–Crippen MR) is 61.7 cm³/mol. The van der Waals surface area contributed by atoms with E-state index in [-0.39, 0.29) is 5.56 Å². The molecular weight excluding hydrogens is 186 g/mol. The molecule has 0 bridgehead atoms. The van der Waals surface area contributed by atoms with Gasteiger partial charge in [0.2, 0.25) is 0 Å². The van der Waals surface area contributed by atoms with Crippen molar-refractivity contribution in [2.24, 2.45) is 7.05 Å². The summed E-state index contributed by atoms with van der Waals surface area (Å²) in [6, 6.07) is 7.55. The summed E-state index contributed by atoms with van der Waals surface area (Å²) in [5.41, 5.74) is 0.919. The zero-order chi connectivity index (χ0) is 10.8. The summed E-state index contributed by atoms with van der Waals surface area (Å²) in [5.74, 6) is 5.87. The summed E-state index contributed by atoms with van der Waals surface area (Å²) < 4.78 is 1.57. The molecule has 0 aliphatic carbocycles. The van der Waals surface area contributed by atoms with E-state index in [1.807, 2.05) is 24.3 Å². The molecule has 0 spiro atoms. The van der Waals surface area contributed by atoms with Crippen LogP contribution in [0, 0.1) is 11.8 Å². The molecule has 0 unspecified atom stereocenters. The maximum atomic E-state index is 11.8. The van der Waals surface area contributed by atoms with Gasteiger partial charge in [-0.2, -0.15) is 0 Å². The third-order valence-corrected chi connectivity index (χ3v) is 2.35. The second-order valence-corrected chi connectivity index (χ2v) is 3.38. The number of fused-ring (bicyclic) bond motifs is 1. The second kappa shape index (κ2) is 3.62. The van der Waals surface area contributed by atoms with Crippen LogP contribution < -0.4 is 5.56 Å². The third-order valence-electron chi connectivity index (χ3n) is 2.35. The molecule has 0 aliphatic rings. The molecule has 2 nitrogen and oxygen atoms in total. The van der Waals surface area contributed by atoms with Gasteiger partial charge >= 0.3 is 0 Å². The van der Waals surface area contributed by atoms with Crippen molar-refractivity contribution in [2.75, 3.05) is 0 Å². The van der Waals surface area contributed by atoms with Crippen LogP contribution in [0.2, 0.25) is 0 Å². The topological polar surface area (TPSA) is 22.0 Å². The number of aromatic nitrogens is 1. The normalized spacial score (nSPS) is 9.73. The zero-order valence-electron chi connectivity index (χ0n) is 8.74. The van der Waals surface area contributed by atoms with Gasteiger partial charge < -0.3 is 4.57 Å². The lowest BCUT2D eigenvalue weighted by Gasteiger charge is -2.03. The molecule has 1 aromatic heterocycles. The lowest BCUT2D eigenvalue weighted by atomic mass is 10.1. The molecule has 0 amide bonds. The van der Waals surface area contributed by atoms with Gasteiger partial charge in [0.05, 0.1) is 0 Å². The molecular formula is C13H11NO. The van der Waals surface area contributed by atoms with E-state index in [4.69, 9.17) is 0 Å². The van der Waals surface area contributed by atoms with E-state index < -0.39 is 0 Å². The Kier molecular flexibility index (Phi) is 2.31. The molecule has 15 heavy (non-hydrogen) atoms. The molecule has 0 saturated heterocycles. The first kappa shape index (κ1) is 9.54. The van der Waals surface area contributed by atoms with Crippen LogP contribution in [-0.4, -0.2) is 4.57 Å². The Balaban J connectivity index is 2.99. The first-order valence-electron chi connectivity index (χ1n) is 4.75. The van der Waals surface area contributed by atoms with Gasteiger partial charge in [0, 0.05) is 29.6 Å². The zero-order valence-corrected chi connectivity index (χ0v) is 8.74. The van der Waals surface area contributed by atoms with Crippen LogP contribution in [0.25, 0.3) is 10.8 Å². The Hall–Kier alpha value is -2.01. The van der Waals surface area contributed by atoms with Crippen molar-refractivity contribution in [3.63, 3.8) is 0 Å². The lowest BCUT2D eigenvalue weighted by molar-refractivity contribution is 0.871. The number of pyridine rings is 1. The number of rotatable bonds is 0. The average molecular weight is 197 g/mol. The highest BCUT2D eigenvalue weighted by Crippen LogP contribution is 2.13.